The molecule has 0 saturated heterocycles. The molecule has 1 aromatic carbocycles. The molecule has 4 rings (SSSR count). The minimum absolute atomic E-state index is 0.244. The molecule has 43 heavy (non-hydrogen) atoms. The quantitative estimate of drug-likeness (QED) is 0.188. The van der Waals surface area contributed by atoms with Gasteiger partial charge in [0, 0.05) is 29.1 Å². The third-order valence-electron chi connectivity index (χ3n) is 8.98. The second-order valence-corrected chi connectivity index (χ2v) is 12.4. The van der Waals surface area contributed by atoms with Crippen molar-refractivity contribution in [2.45, 2.75) is 111 Å². The Bertz CT molecular complexity index is 1440. The van der Waals surface area contributed by atoms with Crippen LogP contribution in [0.2, 0.25) is 0 Å². The molecule has 2 heterocycles. The summed E-state index contributed by atoms with van der Waals surface area (Å²) in [4.78, 5) is 26.2. The number of carbonyl (C=O) groups is 1. The first-order valence-corrected chi connectivity index (χ1v) is 16.1. The average Bonchev–Trinajstić information content (AvgIpc) is 3.19. The summed E-state index contributed by atoms with van der Waals surface area (Å²) >= 11 is 0. The second kappa shape index (κ2) is 13.8. The number of rotatable bonds is 13. The van der Waals surface area contributed by atoms with Crippen molar-refractivity contribution in [1.82, 2.24) is 4.98 Å². The van der Waals surface area contributed by atoms with Crippen LogP contribution in [0.4, 0.5) is 21.6 Å². The number of fused-ring (bicyclic) bond motifs is 1. The van der Waals surface area contributed by atoms with Crippen LogP contribution in [-0.4, -0.2) is 23.1 Å². The Kier molecular flexibility index (Phi) is 10.4. The third kappa shape index (κ3) is 6.39. The van der Waals surface area contributed by atoms with Crippen LogP contribution in [0.5, 0.6) is 0 Å². The van der Waals surface area contributed by atoms with Gasteiger partial charge in [0.05, 0.1) is 22.5 Å². The first kappa shape index (κ1) is 32.4. The van der Waals surface area contributed by atoms with Crippen LogP contribution in [-0.2, 0) is 10.2 Å². The number of nitrogens with one attached hydrogen (secondary N) is 1. The fraction of sp³-hybridized carbons (Fsp3) is 0.486. The summed E-state index contributed by atoms with van der Waals surface area (Å²) in [7, 11) is 0. The van der Waals surface area contributed by atoms with Gasteiger partial charge in [-0.25, -0.2) is 9.37 Å². The van der Waals surface area contributed by atoms with E-state index < -0.39 is 11.2 Å². The van der Waals surface area contributed by atoms with Crippen LogP contribution in [0.3, 0.4) is 0 Å². The topological polar surface area (TPSA) is 57.6 Å². The molecule has 0 bridgehead atoms. The van der Waals surface area contributed by atoms with Crippen molar-refractivity contribution in [1.29, 1.82) is 0 Å². The lowest BCUT2D eigenvalue weighted by molar-refractivity contribution is -0.124. The van der Waals surface area contributed by atoms with Crippen molar-refractivity contribution >= 4 is 29.3 Å². The maximum absolute atomic E-state index is 14.9. The maximum atomic E-state index is 14.9. The average molecular weight is 585 g/mol. The molecule has 1 aliphatic heterocycles. The van der Waals surface area contributed by atoms with Gasteiger partial charge >= 0.3 is 0 Å². The fourth-order valence-corrected chi connectivity index (χ4v) is 6.70. The van der Waals surface area contributed by atoms with Gasteiger partial charge in [-0.2, -0.15) is 0 Å². The van der Waals surface area contributed by atoms with Crippen LogP contribution < -0.4 is 10.2 Å². The third-order valence-corrected chi connectivity index (χ3v) is 8.98. The minimum atomic E-state index is -0.467. The van der Waals surface area contributed by atoms with E-state index in [2.05, 4.69) is 55.8 Å². The number of halogens is 1. The summed E-state index contributed by atoms with van der Waals surface area (Å²) in [6, 6.07) is 8.65. The van der Waals surface area contributed by atoms with Crippen LogP contribution in [0.1, 0.15) is 104 Å². The number of hydrogen-bond acceptors (Lipinski definition) is 4. The number of carbonyl (C=O) groups excluding carboxylic acids is 1. The van der Waals surface area contributed by atoms with Crippen molar-refractivity contribution in [3.63, 3.8) is 0 Å². The zero-order valence-electron chi connectivity index (χ0n) is 27.2. The van der Waals surface area contributed by atoms with Crippen molar-refractivity contribution in [2.24, 2.45) is 10.9 Å². The monoisotopic (exact) mass is 584 g/mol. The van der Waals surface area contributed by atoms with Crippen LogP contribution in [0, 0.1) is 12.8 Å². The molecule has 1 aliphatic carbocycles. The minimum Gasteiger partial charge on any atom is -0.338 e. The zero-order chi connectivity index (χ0) is 31.3. The van der Waals surface area contributed by atoms with Gasteiger partial charge in [0.15, 0.2) is 0 Å². The standard InChI is InChI=1S/C37H49FN4O/c1-9-16-37(17-10-2)29-15-14-27(22-34(29)42(36(37)43)28-20-26(12-4)21-28)32-23-31(39-18-11-3)25(8)35(40-32)41-33(19-24(6)7)30(38)13-5/h13-15,18-19,22-23,26,28H,5,9-12,16-17,20-21H2,1-4,6-8H3,(H,40,41)/b33-30-,39-18?. The maximum Gasteiger partial charge on any atom is 0.237 e. The van der Waals surface area contributed by atoms with Gasteiger partial charge in [-0.05, 0) is 88.6 Å². The van der Waals surface area contributed by atoms with E-state index in [1.165, 1.54) is 6.08 Å². The lowest BCUT2D eigenvalue weighted by Crippen LogP contribution is -2.50. The summed E-state index contributed by atoms with van der Waals surface area (Å²) in [6.07, 6.45) is 12.5. The van der Waals surface area contributed by atoms with Gasteiger partial charge in [0.2, 0.25) is 5.91 Å². The highest BCUT2D eigenvalue weighted by molar-refractivity contribution is 6.09. The Morgan fingerprint density at radius 2 is 1.86 bits per heavy atom. The lowest BCUT2D eigenvalue weighted by atomic mass is 9.73. The van der Waals surface area contributed by atoms with E-state index in [1.807, 2.05) is 40.0 Å². The van der Waals surface area contributed by atoms with Crippen LogP contribution in [0.15, 0.2) is 65.1 Å². The Hall–Kier alpha value is -3.54. The van der Waals surface area contributed by atoms with Gasteiger partial charge in [0.1, 0.15) is 11.6 Å². The van der Waals surface area contributed by atoms with Gasteiger partial charge in [-0.1, -0.05) is 71.2 Å². The number of nitrogens with zero attached hydrogens (tertiary/aromatic N) is 3. The van der Waals surface area contributed by atoms with Gasteiger partial charge < -0.3 is 10.2 Å². The highest BCUT2D eigenvalue weighted by atomic mass is 19.1. The van der Waals surface area contributed by atoms with E-state index in [-0.39, 0.29) is 11.9 Å². The summed E-state index contributed by atoms with van der Waals surface area (Å²) in [5.41, 5.74) is 6.21. The predicted octanol–water partition coefficient (Wildman–Crippen LogP) is 10.3. The second-order valence-electron chi connectivity index (χ2n) is 12.4. The van der Waals surface area contributed by atoms with E-state index in [9.17, 15) is 9.18 Å². The number of allylic oxidation sites excluding steroid dienone is 4. The SMILES string of the molecule is C=C/C(F)=C(\C=C(C)C)Nc1nc(-c2ccc3c(c2)N(C2CC(CC)C2)C(=O)C3(CCC)CCC)cc(N=CCC)c1C. The molecule has 1 saturated carbocycles. The van der Waals surface area contributed by atoms with E-state index in [0.29, 0.717) is 17.4 Å². The number of pyridine rings is 1. The molecule has 0 radical (unpaired) electrons. The van der Waals surface area contributed by atoms with Crippen LogP contribution >= 0.6 is 0 Å². The molecule has 1 aromatic heterocycles. The molecule has 1 fully saturated rings. The van der Waals surface area contributed by atoms with Gasteiger partial charge in [0.25, 0.3) is 0 Å². The van der Waals surface area contributed by atoms with Crippen LogP contribution in [0.25, 0.3) is 11.3 Å². The molecule has 2 aliphatic rings. The van der Waals surface area contributed by atoms with E-state index in [4.69, 9.17) is 9.98 Å². The molecule has 0 spiro atoms. The zero-order valence-corrected chi connectivity index (χ0v) is 27.2. The highest BCUT2D eigenvalue weighted by Crippen LogP contribution is 2.52. The lowest BCUT2D eigenvalue weighted by Gasteiger charge is -2.42. The normalized spacial score (nSPS) is 19.6. The summed E-state index contributed by atoms with van der Waals surface area (Å²) in [5, 5.41) is 3.23. The summed E-state index contributed by atoms with van der Waals surface area (Å²) in [6.45, 7) is 18.0. The van der Waals surface area contributed by atoms with Crippen molar-refractivity contribution in [3.05, 3.63) is 71.2 Å². The van der Waals surface area contributed by atoms with Crippen molar-refractivity contribution in [2.75, 3.05) is 10.2 Å². The molecule has 6 heteroatoms. The summed E-state index contributed by atoms with van der Waals surface area (Å²) in [5.74, 6) is 1.04. The first-order valence-electron chi connectivity index (χ1n) is 16.1. The van der Waals surface area contributed by atoms with Crippen molar-refractivity contribution in [3.8, 4) is 11.3 Å². The van der Waals surface area contributed by atoms with E-state index in [1.54, 1.807) is 6.08 Å². The molecule has 2 aromatic rings. The number of aliphatic imine (C=N–C) groups is 1. The number of hydrogen-bond donors (Lipinski definition) is 1. The molecular formula is C37H49FN4O. The predicted molar refractivity (Wildman–Crippen MR) is 180 cm³/mol. The Labute approximate surface area is 258 Å². The van der Waals surface area contributed by atoms with Gasteiger partial charge in [-0.15, -0.1) is 0 Å². The van der Waals surface area contributed by atoms with Crippen molar-refractivity contribution < 1.29 is 9.18 Å². The molecule has 1 N–H and O–H groups in total. The molecule has 1 amide bonds. The largest absolute Gasteiger partial charge is 0.338 e. The molecule has 0 atom stereocenters. The number of anilines is 2. The Morgan fingerprint density at radius 1 is 1.16 bits per heavy atom. The Morgan fingerprint density at radius 3 is 2.44 bits per heavy atom. The first-order chi connectivity index (χ1) is 20.6. The summed E-state index contributed by atoms with van der Waals surface area (Å²) < 4.78 is 14.9. The number of aromatic nitrogens is 1. The Balaban J connectivity index is 1.88. The number of amides is 1. The smallest absolute Gasteiger partial charge is 0.237 e. The highest BCUT2D eigenvalue weighted by Gasteiger charge is 2.53. The van der Waals surface area contributed by atoms with E-state index in [0.717, 1.165) is 90.7 Å². The molecule has 0 unspecified atom stereocenters. The molecule has 5 nitrogen and oxygen atoms in total. The van der Waals surface area contributed by atoms with Gasteiger partial charge in [-0.3, -0.25) is 9.79 Å². The van der Waals surface area contributed by atoms with E-state index >= 15 is 0 Å². The molecular weight excluding hydrogens is 535 g/mol. The molecule has 230 valence electrons. The number of benzene rings is 1. The fourth-order valence-electron chi connectivity index (χ4n) is 6.70.